The first-order chi connectivity index (χ1) is 10.6. The van der Waals surface area contributed by atoms with Gasteiger partial charge in [-0.1, -0.05) is 18.3 Å². The summed E-state index contributed by atoms with van der Waals surface area (Å²) in [5.41, 5.74) is 0. The van der Waals surface area contributed by atoms with Crippen LogP contribution in [0.5, 0.6) is 0 Å². The number of rotatable bonds is 4. The van der Waals surface area contributed by atoms with Gasteiger partial charge < -0.3 is 50.2 Å². The molecule has 0 aromatic rings. The molecule has 0 amide bonds. The van der Waals surface area contributed by atoms with Crippen LogP contribution in [0.2, 0.25) is 0 Å². The Labute approximate surface area is 135 Å². The van der Waals surface area contributed by atoms with Crippen molar-refractivity contribution in [2.75, 3.05) is 0 Å². The highest BCUT2D eigenvalue weighted by molar-refractivity contribution is 7.46. The zero-order chi connectivity index (χ0) is 19.5. The van der Waals surface area contributed by atoms with Crippen LogP contribution in [0.15, 0.2) is 0 Å². The first-order valence-corrected chi connectivity index (χ1v) is 10.1. The Bertz CT molecular complexity index is 533. The van der Waals surface area contributed by atoms with E-state index in [9.17, 15) is 68.5 Å². The molecule has 136 valence electrons. The number of aliphatic hydroxyl groups excluding tert-OH is 2. The molecule has 0 bridgehead atoms. The summed E-state index contributed by atoms with van der Waals surface area (Å²) in [7, 11) is -19.0. The van der Waals surface area contributed by atoms with Crippen LogP contribution in [0.1, 0.15) is 0 Å². The van der Waals surface area contributed by atoms with Crippen LogP contribution >= 0.6 is 32.1 Å². The van der Waals surface area contributed by atoms with Crippen molar-refractivity contribution >= 4 is 32.1 Å². The van der Waals surface area contributed by atoms with Gasteiger partial charge >= 0.3 is 53.5 Å². The smallest absolute Gasteiger partial charge is 0.371 e. The van der Waals surface area contributed by atoms with Crippen molar-refractivity contribution in [1.82, 2.24) is 0 Å². The van der Waals surface area contributed by atoms with Gasteiger partial charge in [0.05, 0.1) is 0 Å². The average Bonchev–Trinajstić information content (AvgIpc) is 2.47. The van der Waals surface area contributed by atoms with Gasteiger partial charge in [0.15, 0.2) is 0 Å². The fraction of sp³-hybridized carbons (Fsp3) is 1.00. The van der Waals surface area contributed by atoms with Gasteiger partial charge in [-0.15, -0.1) is 0 Å². The van der Waals surface area contributed by atoms with Crippen molar-refractivity contribution in [3.8, 4) is 0 Å². The van der Waals surface area contributed by atoms with Gasteiger partial charge in [0.2, 0.25) is 12.2 Å². The van der Waals surface area contributed by atoms with Crippen molar-refractivity contribution in [2.24, 2.45) is 0 Å². The minimum absolute atomic E-state index is 3.81. The molecule has 0 spiro atoms. The Hall–Kier alpha value is -0.0000000000000000763. The van der Waals surface area contributed by atoms with Gasteiger partial charge in [0.1, 0.15) is 0 Å². The first-order valence-electron chi connectivity index (χ1n) is 5.42. The molecule has 1 fully saturated rings. The lowest BCUT2D eigenvalue weighted by molar-refractivity contribution is -0.325. The van der Waals surface area contributed by atoms with E-state index in [4.69, 9.17) is 0 Å². The third-order valence-electron chi connectivity index (χ3n) is 3.72. The fourth-order valence-electron chi connectivity index (χ4n) is 2.30. The van der Waals surface area contributed by atoms with Crippen LogP contribution in [0.25, 0.3) is 0 Å². The summed E-state index contributed by atoms with van der Waals surface area (Å²) in [6.45, 7) is 0. The largest absolute Gasteiger partial charge is 0.593 e. The highest BCUT2D eigenvalue weighted by atomic mass is 31.1. The summed E-state index contributed by atoms with van der Waals surface area (Å²) in [4.78, 5) is 44.8. The second-order valence-electron chi connectivity index (χ2n) is 4.74. The van der Waals surface area contributed by atoms with E-state index < -0.39 is 65.7 Å². The van der Waals surface area contributed by atoms with E-state index >= 15 is 0 Å². The Kier molecular flexibility index (Phi) is 5.80. The number of aliphatic hydroxyl groups is 6. The van der Waals surface area contributed by atoms with E-state index in [1.54, 1.807) is 0 Å². The van der Waals surface area contributed by atoms with Crippen molar-refractivity contribution in [1.29, 1.82) is 0 Å². The zero-order valence-electron chi connectivity index (χ0n) is 10.9. The van der Waals surface area contributed by atoms with Crippen molar-refractivity contribution in [2.45, 2.75) is 33.6 Å². The lowest BCUT2D eigenvalue weighted by atomic mass is 9.82. The molecule has 6 N–H and O–H groups in total. The van der Waals surface area contributed by atoms with E-state index in [2.05, 4.69) is 0 Å². The maximum atomic E-state index is 11.2. The van der Waals surface area contributed by atoms with Crippen LogP contribution in [-0.2, 0) is 18.3 Å². The van der Waals surface area contributed by atoms with E-state index in [1.165, 1.54) is 0 Å². The molecule has 0 aliphatic heterocycles. The molecule has 14 nitrogen and oxygen atoms in total. The van der Waals surface area contributed by atoms with Gasteiger partial charge in [0, 0.05) is 0 Å². The molecule has 0 heterocycles. The summed E-state index contributed by atoms with van der Waals surface area (Å²) in [5, 5.41) is 41.1. The Morgan fingerprint density at radius 3 is 0.750 bits per heavy atom. The molecule has 0 aromatic carbocycles. The Morgan fingerprint density at radius 1 is 0.542 bits per heavy atom. The quantitative estimate of drug-likeness (QED) is 0.227. The molecule has 24 heavy (non-hydrogen) atoms. The minimum Gasteiger partial charge on any atom is -0.593 e. The van der Waals surface area contributed by atoms with Crippen LogP contribution in [0.4, 0.5) is 0 Å². The highest BCUT2D eigenvalue weighted by Gasteiger charge is 2.97. The molecule has 1 saturated carbocycles. The monoisotopic (exact) mass is 428 g/mol. The molecule has 10 atom stereocenters. The SMILES string of the molecule is O=[P+]([O-])[C@]1(O)C(O)[C@](O)([P+](=O)[O-])[C@@](O)([P+](=O)[O-])C(O)[C@]1(O)[P+](=O)[O-]. The summed E-state index contributed by atoms with van der Waals surface area (Å²) < 4.78 is 44.8. The number of hydrogen-bond donors (Lipinski definition) is 6. The number of hydrogen-bond acceptors (Lipinski definition) is 14. The topological polar surface area (TPSA) is 282 Å². The molecule has 1 rings (SSSR count). The van der Waals surface area contributed by atoms with Gasteiger partial charge in [-0.05, 0) is 0 Å². The zero-order valence-corrected chi connectivity index (χ0v) is 14.5. The molecule has 0 aromatic heterocycles. The Morgan fingerprint density at radius 2 is 0.667 bits per heavy atom. The maximum absolute atomic E-state index is 11.2. The van der Waals surface area contributed by atoms with Gasteiger partial charge in [0.25, 0.3) is 0 Å². The molecule has 0 saturated heterocycles. The second kappa shape index (κ2) is 6.31. The summed E-state index contributed by atoms with van der Waals surface area (Å²) in [5.74, 6) is 0. The van der Waals surface area contributed by atoms with Crippen LogP contribution in [0, 0.1) is 0 Å². The average molecular weight is 428 g/mol. The van der Waals surface area contributed by atoms with Gasteiger partial charge in [-0.2, -0.15) is 0 Å². The molecule has 1 aliphatic rings. The van der Waals surface area contributed by atoms with E-state index in [-0.39, 0.29) is 0 Å². The predicted molar refractivity (Wildman–Crippen MR) is 62.2 cm³/mol. The third-order valence-corrected chi connectivity index (χ3v) is 8.64. The van der Waals surface area contributed by atoms with E-state index in [0.29, 0.717) is 0 Å². The standard InChI is InChI=1S/C6H8O14P4/c7-1-3(9,21(13)14)5(11,23(17)18)2(8)6(12,24(19)20)4(1,10)22(15)16/h1-2,7-12H/t1?,2?,3-,4-,5-,6+/m0/s1. The van der Waals surface area contributed by atoms with Crippen molar-refractivity contribution in [3.63, 3.8) is 0 Å². The van der Waals surface area contributed by atoms with Crippen molar-refractivity contribution in [3.05, 3.63) is 0 Å². The molecular formula is C6H8O14P4. The molecule has 18 heteroatoms. The molecular weight excluding hydrogens is 420 g/mol. The van der Waals surface area contributed by atoms with Crippen LogP contribution in [-0.4, -0.2) is 64.2 Å². The summed E-state index contributed by atoms with van der Waals surface area (Å²) in [6, 6.07) is 0. The fourth-order valence-corrected chi connectivity index (χ4v) is 6.60. The minimum atomic E-state index is -4.75. The van der Waals surface area contributed by atoms with Crippen LogP contribution in [0.3, 0.4) is 0 Å². The normalized spacial score (nSPS) is 48.6. The molecule has 6 unspecified atom stereocenters. The predicted octanol–water partition coefficient (Wildman–Crippen LogP) is -6.11. The Balaban J connectivity index is 4.05. The second-order valence-corrected chi connectivity index (χ2v) is 9.52. The van der Waals surface area contributed by atoms with E-state index in [0.717, 1.165) is 0 Å². The van der Waals surface area contributed by atoms with E-state index in [1.807, 2.05) is 0 Å². The first kappa shape index (κ1) is 22.0. The van der Waals surface area contributed by atoms with Crippen molar-refractivity contribution < 1.29 is 68.5 Å². The summed E-state index contributed by atoms with van der Waals surface area (Å²) in [6.07, 6.45) is -7.63. The molecule has 0 radical (unpaired) electrons. The summed E-state index contributed by atoms with van der Waals surface area (Å²) >= 11 is 0. The van der Waals surface area contributed by atoms with Gasteiger partial charge in [-0.25, -0.2) is 0 Å². The van der Waals surface area contributed by atoms with Crippen LogP contribution < -0.4 is 19.6 Å². The highest BCUT2D eigenvalue weighted by Crippen LogP contribution is 2.67. The maximum Gasteiger partial charge on any atom is 0.371 e. The third kappa shape index (κ3) is 2.23. The van der Waals surface area contributed by atoms with Gasteiger partial charge in [-0.3, -0.25) is 0 Å². The lowest BCUT2D eigenvalue weighted by Gasteiger charge is -2.47. The lowest BCUT2D eigenvalue weighted by Crippen LogP contribution is -2.83. The molecule has 1 aliphatic carbocycles.